The molecule has 2 heteroatoms. The Hall–Kier alpha value is -2.87. The smallest absolute Gasteiger partial charge is 0.255 e. The molecule has 0 N–H and O–H groups in total. The molecular weight excluding hydrogens is 352 g/mol. The van der Waals surface area contributed by atoms with Crippen LogP contribution in [0.25, 0.3) is 0 Å². The Morgan fingerprint density at radius 3 is 2.03 bits per heavy atom. The first-order valence-corrected chi connectivity index (χ1v) is 11.0. The van der Waals surface area contributed by atoms with E-state index in [1.165, 1.54) is 11.4 Å². The van der Waals surface area contributed by atoms with Crippen molar-refractivity contribution in [1.29, 1.82) is 0 Å². The van der Waals surface area contributed by atoms with Crippen LogP contribution < -0.4 is 0 Å². The molecule has 140 valence electrons. The third-order valence-corrected chi connectivity index (χ3v) is 8.22. The molecule has 5 heterocycles. The van der Waals surface area contributed by atoms with Crippen molar-refractivity contribution in [2.24, 2.45) is 0 Å². The van der Waals surface area contributed by atoms with Gasteiger partial charge in [-0.3, -0.25) is 4.57 Å². The zero-order valence-corrected chi connectivity index (χ0v) is 16.5. The van der Waals surface area contributed by atoms with Gasteiger partial charge in [-0.05, 0) is 58.0 Å². The Bertz CT molecular complexity index is 1330. The van der Waals surface area contributed by atoms with E-state index >= 15 is 0 Å². The van der Waals surface area contributed by atoms with Crippen LogP contribution in [0.2, 0.25) is 0 Å². The summed E-state index contributed by atoms with van der Waals surface area (Å²) in [6.07, 6.45) is 10.2. The van der Waals surface area contributed by atoms with E-state index in [9.17, 15) is 0 Å². The summed E-state index contributed by atoms with van der Waals surface area (Å²) in [5.41, 5.74) is 15.6. The first kappa shape index (κ1) is 15.0. The van der Waals surface area contributed by atoms with E-state index in [1.807, 2.05) is 0 Å². The lowest BCUT2D eigenvalue weighted by Gasteiger charge is -2.39. The van der Waals surface area contributed by atoms with Gasteiger partial charge < -0.3 is 0 Å². The van der Waals surface area contributed by atoms with Crippen molar-refractivity contribution in [3.63, 3.8) is 0 Å². The van der Waals surface area contributed by atoms with Crippen LogP contribution >= 0.6 is 0 Å². The highest BCUT2D eigenvalue weighted by molar-refractivity contribution is 5.86. The van der Waals surface area contributed by atoms with Crippen molar-refractivity contribution in [2.75, 3.05) is 0 Å². The van der Waals surface area contributed by atoms with E-state index in [1.54, 1.807) is 44.8 Å². The molecule has 0 saturated heterocycles. The Morgan fingerprint density at radius 1 is 0.690 bits per heavy atom. The summed E-state index contributed by atoms with van der Waals surface area (Å²) in [4.78, 5) is 0. The van der Waals surface area contributed by atoms with Gasteiger partial charge in [0.1, 0.15) is 0 Å². The van der Waals surface area contributed by atoms with Crippen LogP contribution in [0.1, 0.15) is 51.2 Å². The number of rotatable bonds is 0. The van der Waals surface area contributed by atoms with Crippen LogP contribution in [0.15, 0.2) is 60.3 Å². The van der Waals surface area contributed by atoms with Gasteiger partial charge in [0.2, 0.25) is 0 Å². The molecule has 0 amide bonds. The van der Waals surface area contributed by atoms with E-state index in [0.29, 0.717) is 0 Å². The molecule has 1 atom stereocenters. The van der Waals surface area contributed by atoms with E-state index in [2.05, 4.69) is 63.7 Å². The van der Waals surface area contributed by atoms with Gasteiger partial charge in [0, 0.05) is 17.8 Å². The van der Waals surface area contributed by atoms with Crippen molar-refractivity contribution >= 4 is 5.71 Å². The molecule has 2 aromatic carbocycles. The average Bonchev–Trinajstić information content (AvgIpc) is 3.21. The Labute approximate surface area is 170 Å². The van der Waals surface area contributed by atoms with Gasteiger partial charge in [0.15, 0.2) is 11.4 Å². The summed E-state index contributed by atoms with van der Waals surface area (Å²) < 4.78 is 5.58. The molecule has 29 heavy (non-hydrogen) atoms. The zero-order chi connectivity index (χ0) is 18.7. The van der Waals surface area contributed by atoms with Crippen molar-refractivity contribution in [3.8, 4) is 0 Å². The van der Waals surface area contributed by atoms with Gasteiger partial charge in [-0.15, -0.1) is 0 Å². The number of benzene rings is 2. The summed E-state index contributed by atoms with van der Waals surface area (Å²) in [5.74, 6) is 0. The highest BCUT2D eigenvalue weighted by Crippen LogP contribution is 2.48. The second kappa shape index (κ2) is 4.81. The molecule has 8 rings (SSSR count). The highest BCUT2D eigenvalue weighted by Gasteiger charge is 2.56. The fourth-order valence-electron chi connectivity index (χ4n) is 7.16. The van der Waals surface area contributed by atoms with Crippen LogP contribution in [-0.4, -0.2) is 14.9 Å². The Balaban J connectivity index is 1.59. The monoisotopic (exact) mass is 375 g/mol. The molecule has 1 spiro atoms. The SMILES string of the molecule is C1=C2Cc3ccc4n3[C@@]35Cc6c(cccc6Cc6cccc(c6C3)C4)CC(=[N+]25)C1. The largest absolute Gasteiger partial charge is 0.287 e. The van der Waals surface area contributed by atoms with Crippen molar-refractivity contribution in [2.45, 2.75) is 50.6 Å². The van der Waals surface area contributed by atoms with Gasteiger partial charge in [-0.1, -0.05) is 36.4 Å². The lowest BCUT2D eigenvalue weighted by atomic mass is 9.79. The fourth-order valence-corrected chi connectivity index (χ4v) is 7.16. The van der Waals surface area contributed by atoms with Crippen LogP contribution in [-0.2, 0) is 44.2 Å². The lowest BCUT2D eigenvalue weighted by Crippen LogP contribution is -2.53. The first-order chi connectivity index (χ1) is 14.3. The zero-order valence-electron chi connectivity index (χ0n) is 16.5. The maximum atomic E-state index is 2.81. The molecule has 1 aliphatic carbocycles. The minimum absolute atomic E-state index is 0.00674. The second-order valence-electron chi connectivity index (χ2n) is 9.61. The maximum Gasteiger partial charge on any atom is 0.255 e. The first-order valence-electron chi connectivity index (χ1n) is 11.0. The number of nitrogens with zero attached hydrogens (tertiary/aromatic N) is 2. The molecule has 0 radical (unpaired) electrons. The summed E-state index contributed by atoms with van der Waals surface area (Å²) in [5, 5.41) is 0. The second-order valence-corrected chi connectivity index (χ2v) is 9.61. The minimum Gasteiger partial charge on any atom is -0.287 e. The summed E-state index contributed by atoms with van der Waals surface area (Å²) in [6, 6.07) is 19.0. The highest BCUT2D eigenvalue weighted by atomic mass is 15.3. The molecule has 2 nitrogen and oxygen atoms in total. The van der Waals surface area contributed by atoms with Crippen molar-refractivity contribution < 1.29 is 4.58 Å². The Morgan fingerprint density at radius 2 is 1.31 bits per heavy atom. The molecule has 4 aliphatic heterocycles. The van der Waals surface area contributed by atoms with Crippen molar-refractivity contribution in [3.05, 3.63) is 105 Å². The van der Waals surface area contributed by atoms with Gasteiger partial charge in [-0.2, -0.15) is 4.58 Å². The van der Waals surface area contributed by atoms with Crippen LogP contribution in [0.3, 0.4) is 0 Å². The number of hydrogen-bond donors (Lipinski definition) is 0. The molecule has 0 saturated carbocycles. The van der Waals surface area contributed by atoms with Crippen LogP contribution in [0.5, 0.6) is 0 Å². The predicted octanol–water partition coefficient (Wildman–Crippen LogP) is 4.29. The van der Waals surface area contributed by atoms with Crippen LogP contribution in [0, 0.1) is 0 Å². The predicted molar refractivity (Wildman–Crippen MR) is 114 cm³/mol. The molecule has 5 aliphatic rings. The topological polar surface area (TPSA) is 7.94 Å². The van der Waals surface area contributed by atoms with E-state index in [-0.39, 0.29) is 5.66 Å². The number of hydrogen-bond acceptors (Lipinski definition) is 0. The lowest BCUT2D eigenvalue weighted by molar-refractivity contribution is -0.603. The summed E-state index contributed by atoms with van der Waals surface area (Å²) in [6.45, 7) is 0. The normalized spacial score (nSPS) is 24.5. The Kier molecular flexibility index (Phi) is 2.50. The standard InChI is InChI=1S/C27H23N2/c1-3-17-11-18-4-2-6-20-13-22-8-10-24-14-23-9-7-21-12-19(5-1)25(17)15-27(28(21)23,29(22)24)16-26(18)20/h1-7,9-10H,8,11-16H2/q+1/t27-/m0/s1. The van der Waals surface area contributed by atoms with Crippen molar-refractivity contribution in [1.82, 2.24) is 4.57 Å². The molecule has 0 unspecified atom stereocenters. The third kappa shape index (κ3) is 1.69. The molecular formula is C27H23N2+. The quantitative estimate of drug-likeness (QED) is 0.518. The van der Waals surface area contributed by atoms with Gasteiger partial charge >= 0.3 is 0 Å². The molecule has 3 aromatic rings. The fraction of sp³-hybridized carbons (Fsp3) is 0.296. The summed E-state index contributed by atoms with van der Waals surface area (Å²) in [7, 11) is 0. The van der Waals surface area contributed by atoms with E-state index in [0.717, 1.165) is 44.9 Å². The van der Waals surface area contributed by atoms with Crippen LogP contribution in [0.4, 0.5) is 0 Å². The average molecular weight is 375 g/mol. The maximum absolute atomic E-state index is 2.81. The van der Waals surface area contributed by atoms with Gasteiger partial charge in [0.25, 0.3) is 5.66 Å². The number of aromatic nitrogens is 1. The molecule has 0 fully saturated rings. The minimum atomic E-state index is -0.00674. The molecule has 1 aromatic heterocycles. The van der Waals surface area contributed by atoms with Gasteiger partial charge in [0.05, 0.1) is 32.1 Å². The van der Waals surface area contributed by atoms with E-state index < -0.39 is 0 Å². The van der Waals surface area contributed by atoms with E-state index in [4.69, 9.17) is 0 Å². The number of allylic oxidation sites excluding steroid dienone is 2. The summed E-state index contributed by atoms with van der Waals surface area (Å²) >= 11 is 0. The van der Waals surface area contributed by atoms with Gasteiger partial charge in [-0.25, -0.2) is 0 Å². The third-order valence-electron chi connectivity index (χ3n) is 8.22. The molecule has 3 bridgehead atoms.